The van der Waals surface area contributed by atoms with Crippen LogP contribution in [-0.2, 0) is 0 Å². The van der Waals surface area contributed by atoms with Crippen molar-refractivity contribution < 1.29 is 4.79 Å². The summed E-state index contributed by atoms with van der Waals surface area (Å²) in [6.45, 7) is 5.82. The molecule has 0 saturated heterocycles. The maximum absolute atomic E-state index is 11.7. The molecule has 0 fully saturated rings. The van der Waals surface area contributed by atoms with Crippen LogP contribution in [0, 0.1) is 0 Å². The standard InChI is InChI=1S/C13H21N3O/c1-3-5-9-15-13(17)11-6-7-12(16-10-11)14-8-4-2/h6-7,10H,3-5,8-9H2,1-2H3,(H,14,16)(H,15,17). The van der Waals surface area contributed by atoms with Crippen LogP contribution in [0.25, 0.3) is 0 Å². The molecule has 0 saturated carbocycles. The molecule has 0 bridgehead atoms. The molecule has 2 N–H and O–H groups in total. The minimum atomic E-state index is -0.0482. The lowest BCUT2D eigenvalue weighted by Crippen LogP contribution is -2.24. The number of unbranched alkanes of at least 4 members (excludes halogenated alkanes) is 1. The van der Waals surface area contributed by atoms with E-state index < -0.39 is 0 Å². The van der Waals surface area contributed by atoms with Gasteiger partial charge in [-0.3, -0.25) is 4.79 Å². The highest BCUT2D eigenvalue weighted by Gasteiger charge is 2.04. The fraction of sp³-hybridized carbons (Fsp3) is 0.538. The summed E-state index contributed by atoms with van der Waals surface area (Å²) < 4.78 is 0. The number of rotatable bonds is 7. The molecule has 0 aliphatic carbocycles. The summed E-state index contributed by atoms with van der Waals surface area (Å²) in [5, 5.41) is 6.03. The summed E-state index contributed by atoms with van der Waals surface area (Å²) in [5.74, 6) is 0.768. The molecule has 1 aromatic rings. The molecule has 4 heteroatoms. The van der Waals surface area contributed by atoms with Crippen molar-refractivity contribution in [2.24, 2.45) is 0 Å². The average Bonchev–Trinajstić information content (AvgIpc) is 2.37. The van der Waals surface area contributed by atoms with Crippen molar-refractivity contribution in [3.63, 3.8) is 0 Å². The van der Waals surface area contributed by atoms with Crippen LogP contribution >= 0.6 is 0 Å². The number of carbonyl (C=O) groups is 1. The minimum Gasteiger partial charge on any atom is -0.370 e. The molecule has 1 aromatic heterocycles. The highest BCUT2D eigenvalue weighted by molar-refractivity contribution is 5.93. The smallest absolute Gasteiger partial charge is 0.252 e. The molecular weight excluding hydrogens is 214 g/mol. The van der Waals surface area contributed by atoms with E-state index in [0.717, 1.165) is 38.2 Å². The quantitative estimate of drug-likeness (QED) is 0.714. The SMILES string of the molecule is CCCCNC(=O)c1ccc(NCCC)nc1. The predicted molar refractivity (Wildman–Crippen MR) is 70.3 cm³/mol. The van der Waals surface area contributed by atoms with Crippen molar-refractivity contribution >= 4 is 11.7 Å². The van der Waals surface area contributed by atoms with Crippen molar-refractivity contribution in [3.05, 3.63) is 23.9 Å². The van der Waals surface area contributed by atoms with E-state index in [1.165, 1.54) is 0 Å². The van der Waals surface area contributed by atoms with E-state index in [9.17, 15) is 4.79 Å². The van der Waals surface area contributed by atoms with Gasteiger partial charge in [-0.2, -0.15) is 0 Å². The first-order valence-electron chi connectivity index (χ1n) is 6.26. The first-order chi connectivity index (χ1) is 8.27. The summed E-state index contributed by atoms with van der Waals surface area (Å²) in [6, 6.07) is 3.64. The van der Waals surface area contributed by atoms with Gasteiger partial charge in [-0.1, -0.05) is 20.3 Å². The molecule has 94 valence electrons. The zero-order valence-electron chi connectivity index (χ0n) is 10.6. The molecule has 0 aromatic carbocycles. The van der Waals surface area contributed by atoms with Crippen LogP contribution in [0.2, 0.25) is 0 Å². The minimum absolute atomic E-state index is 0.0482. The van der Waals surface area contributed by atoms with Crippen LogP contribution in [0.4, 0.5) is 5.82 Å². The topological polar surface area (TPSA) is 54.0 Å². The Morgan fingerprint density at radius 3 is 2.65 bits per heavy atom. The third-order valence-electron chi connectivity index (χ3n) is 2.40. The largest absolute Gasteiger partial charge is 0.370 e. The Morgan fingerprint density at radius 2 is 2.06 bits per heavy atom. The van der Waals surface area contributed by atoms with E-state index in [2.05, 4.69) is 29.5 Å². The summed E-state index contributed by atoms with van der Waals surface area (Å²) in [5.41, 5.74) is 0.614. The van der Waals surface area contributed by atoms with E-state index in [1.807, 2.05) is 6.07 Å². The Morgan fingerprint density at radius 1 is 1.24 bits per heavy atom. The molecule has 1 amide bonds. The second-order valence-corrected chi connectivity index (χ2v) is 3.97. The highest BCUT2D eigenvalue weighted by Crippen LogP contribution is 2.05. The Bertz CT molecular complexity index is 335. The lowest BCUT2D eigenvalue weighted by molar-refractivity contribution is 0.0953. The molecular formula is C13H21N3O. The fourth-order valence-electron chi connectivity index (χ4n) is 1.37. The second-order valence-electron chi connectivity index (χ2n) is 3.97. The van der Waals surface area contributed by atoms with Crippen molar-refractivity contribution in [3.8, 4) is 0 Å². The predicted octanol–water partition coefficient (Wildman–Crippen LogP) is 2.43. The molecule has 17 heavy (non-hydrogen) atoms. The number of aromatic nitrogens is 1. The lowest BCUT2D eigenvalue weighted by atomic mass is 10.2. The molecule has 0 atom stereocenters. The highest BCUT2D eigenvalue weighted by atomic mass is 16.1. The van der Waals surface area contributed by atoms with E-state index in [-0.39, 0.29) is 5.91 Å². The van der Waals surface area contributed by atoms with Gasteiger partial charge < -0.3 is 10.6 Å². The van der Waals surface area contributed by atoms with E-state index in [1.54, 1.807) is 12.3 Å². The number of anilines is 1. The number of hydrogen-bond donors (Lipinski definition) is 2. The van der Waals surface area contributed by atoms with Crippen LogP contribution in [0.5, 0.6) is 0 Å². The zero-order chi connectivity index (χ0) is 12.5. The van der Waals surface area contributed by atoms with Gasteiger partial charge in [0.1, 0.15) is 5.82 Å². The monoisotopic (exact) mass is 235 g/mol. The van der Waals surface area contributed by atoms with Crippen LogP contribution in [0.15, 0.2) is 18.3 Å². The van der Waals surface area contributed by atoms with E-state index >= 15 is 0 Å². The third-order valence-corrected chi connectivity index (χ3v) is 2.40. The molecule has 1 heterocycles. The normalized spacial score (nSPS) is 10.0. The van der Waals surface area contributed by atoms with Gasteiger partial charge in [0.25, 0.3) is 5.91 Å². The summed E-state index contributed by atoms with van der Waals surface area (Å²) in [6.07, 6.45) is 4.76. The van der Waals surface area contributed by atoms with Gasteiger partial charge in [0.05, 0.1) is 5.56 Å². The summed E-state index contributed by atoms with van der Waals surface area (Å²) >= 11 is 0. The van der Waals surface area contributed by atoms with Crippen molar-refractivity contribution in [2.75, 3.05) is 18.4 Å². The Kier molecular flexibility index (Phi) is 6.07. The number of amides is 1. The summed E-state index contributed by atoms with van der Waals surface area (Å²) in [7, 11) is 0. The molecule has 0 unspecified atom stereocenters. The average molecular weight is 235 g/mol. The maximum Gasteiger partial charge on any atom is 0.252 e. The molecule has 0 aliphatic heterocycles. The van der Waals surface area contributed by atoms with Gasteiger partial charge in [-0.15, -0.1) is 0 Å². The van der Waals surface area contributed by atoms with Gasteiger partial charge in [0, 0.05) is 19.3 Å². The van der Waals surface area contributed by atoms with Crippen LogP contribution in [-0.4, -0.2) is 24.0 Å². The number of carbonyl (C=O) groups excluding carboxylic acids is 1. The summed E-state index contributed by atoms with van der Waals surface area (Å²) in [4.78, 5) is 15.9. The molecule has 4 nitrogen and oxygen atoms in total. The van der Waals surface area contributed by atoms with Crippen LogP contribution in [0.3, 0.4) is 0 Å². The van der Waals surface area contributed by atoms with Gasteiger partial charge in [-0.25, -0.2) is 4.98 Å². The van der Waals surface area contributed by atoms with Gasteiger partial charge in [0.2, 0.25) is 0 Å². The Balaban J connectivity index is 2.46. The number of pyridine rings is 1. The number of hydrogen-bond acceptors (Lipinski definition) is 3. The van der Waals surface area contributed by atoms with Crippen molar-refractivity contribution in [1.29, 1.82) is 0 Å². The number of nitrogens with one attached hydrogen (secondary N) is 2. The second kappa shape index (κ2) is 7.65. The van der Waals surface area contributed by atoms with Crippen LogP contribution in [0.1, 0.15) is 43.5 Å². The first kappa shape index (κ1) is 13.5. The Hall–Kier alpha value is -1.58. The van der Waals surface area contributed by atoms with Gasteiger partial charge in [0.15, 0.2) is 0 Å². The van der Waals surface area contributed by atoms with Gasteiger partial charge in [-0.05, 0) is 25.0 Å². The van der Waals surface area contributed by atoms with Crippen molar-refractivity contribution in [1.82, 2.24) is 10.3 Å². The number of nitrogens with zero attached hydrogens (tertiary/aromatic N) is 1. The first-order valence-corrected chi connectivity index (χ1v) is 6.26. The van der Waals surface area contributed by atoms with E-state index in [4.69, 9.17) is 0 Å². The fourth-order valence-corrected chi connectivity index (χ4v) is 1.37. The van der Waals surface area contributed by atoms with Crippen molar-refractivity contribution in [2.45, 2.75) is 33.1 Å². The molecule has 1 rings (SSSR count). The molecule has 0 radical (unpaired) electrons. The maximum atomic E-state index is 11.7. The zero-order valence-corrected chi connectivity index (χ0v) is 10.6. The van der Waals surface area contributed by atoms with E-state index in [0.29, 0.717) is 5.56 Å². The van der Waals surface area contributed by atoms with Gasteiger partial charge >= 0.3 is 0 Å². The molecule has 0 aliphatic rings. The Labute approximate surface area is 103 Å². The third kappa shape index (κ3) is 4.85. The van der Waals surface area contributed by atoms with Crippen LogP contribution < -0.4 is 10.6 Å². The lowest BCUT2D eigenvalue weighted by Gasteiger charge is -2.06. The molecule has 0 spiro atoms.